The van der Waals surface area contributed by atoms with Crippen molar-refractivity contribution in [1.29, 1.82) is 0 Å². The zero-order chi connectivity index (χ0) is 14.4. The fourth-order valence-corrected chi connectivity index (χ4v) is 2.52. The Kier molecular flexibility index (Phi) is 5.17. The van der Waals surface area contributed by atoms with Crippen LogP contribution < -0.4 is 15.0 Å². The molecule has 0 bridgehead atoms. The molecule has 0 amide bonds. The third-order valence-corrected chi connectivity index (χ3v) is 3.47. The molecule has 1 aromatic rings. The molecule has 1 atom stereocenters. The van der Waals surface area contributed by atoms with E-state index in [1.54, 1.807) is 7.11 Å². The number of methoxy groups -OCH3 is 1. The molecular formula is C14H21N3O3. The van der Waals surface area contributed by atoms with E-state index in [1.807, 2.05) is 18.2 Å². The zero-order valence-electron chi connectivity index (χ0n) is 11.7. The van der Waals surface area contributed by atoms with Crippen molar-refractivity contribution >= 4 is 11.8 Å². The Balaban J connectivity index is 1.90. The van der Waals surface area contributed by atoms with Crippen LogP contribution >= 0.6 is 0 Å². The van der Waals surface area contributed by atoms with Crippen LogP contribution in [0.2, 0.25) is 0 Å². The predicted molar refractivity (Wildman–Crippen MR) is 76.2 cm³/mol. The molecule has 20 heavy (non-hydrogen) atoms. The highest BCUT2D eigenvalue weighted by Crippen LogP contribution is 2.22. The van der Waals surface area contributed by atoms with Gasteiger partial charge in [0, 0.05) is 25.7 Å². The molecule has 2 N–H and O–H groups in total. The summed E-state index contributed by atoms with van der Waals surface area (Å²) in [6, 6.07) is 5.75. The van der Waals surface area contributed by atoms with Crippen LogP contribution in [0.1, 0.15) is 12.8 Å². The number of anilines is 1. The van der Waals surface area contributed by atoms with Gasteiger partial charge >= 0.3 is 5.97 Å². The molecule has 0 aromatic carbocycles. The van der Waals surface area contributed by atoms with Gasteiger partial charge in [-0.15, -0.1) is 0 Å². The first-order valence-electron chi connectivity index (χ1n) is 6.87. The quantitative estimate of drug-likeness (QED) is 0.808. The van der Waals surface area contributed by atoms with Gasteiger partial charge in [0.15, 0.2) is 0 Å². The minimum absolute atomic E-state index is 0.0217. The van der Waals surface area contributed by atoms with Gasteiger partial charge in [-0.3, -0.25) is 4.79 Å². The van der Waals surface area contributed by atoms with E-state index in [1.165, 1.54) is 0 Å². The Morgan fingerprint density at radius 3 is 3.20 bits per heavy atom. The largest absolute Gasteiger partial charge is 0.481 e. The Hall–Kier alpha value is -1.82. The minimum atomic E-state index is -0.813. The first kappa shape index (κ1) is 14.6. The van der Waals surface area contributed by atoms with E-state index in [9.17, 15) is 4.79 Å². The van der Waals surface area contributed by atoms with Crippen LogP contribution in [-0.2, 0) is 4.79 Å². The van der Waals surface area contributed by atoms with Gasteiger partial charge in [0.1, 0.15) is 5.82 Å². The summed E-state index contributed by atoms with van der Waals surface area (Å²) in [6.07, 6.45) is 2.21. The van der Waals surface area contributed by atoms with E-state index in [0.717, 1.165) is 38.3 Å². The third-order valence-electron chi connectivity index (χ3n) is 3.47. The maximum absolute atomic E-state index is 10.5. The average Bonchev–Trinajstić information content (AvgIpc) is 2.47. The van der Waals surface area contributed by atoms with Gasteiger partial charge in [-0.2, -0.15) is 4.98 Å². The van der Waals surface area contributed by atoms with Crippen LogP contribution in [0.25, 0.3) is 0 Å². The van der Waals surface area contributed by atoms with Gasteiger partial charge in [0.25, 0.3) is 0 Å². The maximum atomic E-state index is 10.5. The average molecular weight is 279 g/mol. The Bertz CT molecular complexity index is 453. The number of aromatic nitrogens is 1. The van der Waals surface area contributed by atoms with E-state index in [2.05, 4.69) is 15.2 Å². The highest BCUT2D eigenvalue weighted by atomic mass is 16.5. The molecule has 2 rings (SSSR count). The van der Waals surface area contributed by atoms with E-state index in [4.69, 9.17) is 9.84 Å². The second-order valence-corrected chi connectivity index (χ2v) is 5.02. The number of rotatable bonds is 6. The van der Waals surface area contributed by atoms with Crippen molar-refractivity contribution in [3.63, 3.8) is 0 Å². The van der Waals surface area contributed by atoms with E-state index in [-0.39, 0.29) is 6.54 Å². The van der Waals surface area contributed by atoms with Gasteiger partial charge in [-0.1, -0.05) is 6.07 Å². The molecule has 0 radical (unpaired) electrons. The second-order valence-electron chi connectivity index (χ2n) is 5.02. The molecule has 1 aliphatic rings. The molecule has 6 heteroatoms. The summed E-state index contributed by atoms with van der Waals surface area (Å²) in [5, 5.41) is 11.6. The van der Waals surface area contributed by atoms with E-state index < -0.39 is 5.97 Å². The lowest BCUT2D eigenvalue weighted by Gasteiger charge is -2.33. The van der Waals surface area contributed by atoms with Crippen LogP contribution in [0.5, 0.6) is 5.88 Å². The third kappa shape index (κ3) is 4.09. The number of hydrogen-bond donors (Lipinski definition) is 2. The van der Waals surface area contributed by atoms with Crippen molar-refractivity contribution in [3.05, 3.63) is 18.2 Å². The van der Waals surface area contributed by atoms with Crippen LogP contribution in [-0.4, -0.2) is 49.3 Å². The second kappa shape index (κ2) is 7.09. The van der Waals surface area contributed by atoms with Gasteiger partial charge in [-0.25, -0.2) is 0 Å². The lowest BCUT2D eigenvalue weighted by molar-refractivity contribution is -0.136. The molecule has 0 spiro atoms. The molecule has 1 aliphatic heterocycles. The van der Waals surface area contributed by atoms with Crippen molar-refractivity contribution in [3.8, 4) is 5.88 Å². The Labute approximate surface area is 118 Å². The number of pyridine rings is 1. The maximum Gasteiger partial charge on any atom is 0.317 e. The number of ether oxygens (including phenoxy) is 1. The minimum Gasteiger partial charge on any atom is -0.481 e. The Morgan fingerprint density at radius 2 is 2.45 bits per heavy atom. The van der Waals surface area contributed by atoms with Crippen LogP contribution in [0.15, 0.2) is 18.2 Å². The lowest BCUT2D eigenvalue weighted by Crippen LogP contribution is -2.40. The summed E-state index contributed by atoms with van der Waals surface area (Å²) in [6.45, 7) is 2.63. The topological polar surface area (TPSA) is 74.7 Å². The number of aliphatic carboxylic acids is 1. The number of hydrogen-bond acceptors (Lipinski definition) is 5. The molecule has 0 aliphatic carbocycles. The summed E-state index contributed by atoms with van der Waals surface area (Å²) in [5.74, 6) is 1.18. The normalized spacial score (nSPS) is 18.9. The summed E-state index contributed by atoms with van der Waals surface area (Å²) in [5.41, 5.74) is 0. The number of piperidine rings is 1. The van der Waals surface area contributed by atoms with Gasteiger partial charge in [0.2, 0.25) is 5.88 Å². The van der Waals surface area contributed by atoms with Crippen molar-refractivity contribution in [2.45, 2.75) is 12.8 Å². The molecule has 1 saturated heterocycles. The van der Waals surface area contributed by atoms with Crippen LogP contribution in [0.3, 0.4) is 0 Å². The van der Waals surface area contributed by atoms with Gasteiger partial charge in [-0.05, 0) is 24.8 Å². The Morgan fingerprint density at radius 1 is 1.60 bits per heavy atom. The van der Waals surface area contributed by atoms with E-state index in [0.29, 0.717) is 11.8 Å². The molecule has 6 nitrogen and oxygen atoms in total. The van der Waals surface area contributed by atoms with Crippen molar-refractivity contribution < 1.29 is 14.6 Å². The molecule has 1 unspecified atom stereocenters. The number of nitrogens with one attached hydrogen (secondary N) is 1. The van der Waals surface area contributed by atoms with Crippen molar-refractivity contribution in [2.24, 2.45) is 5.92 Å². The first-order valence-corrected chi connectivity index (χ1v) is 6.87. The SMILES string of the molecule is COc1cccc(N2CCCC(CNCC(=O)O)C2)n1. The summed E-state index contributed by atoms with van der Waals surface area (Å²) in [4.78, 5) is 17.2. The van der Waals surface area contributed by atoms with E-state index >= 15 is 0 Å². The zero-order valence-corrected chi connectivity index (χ0v) is 11.7. The van der Waals surface area contributed by atoms with Crippen LogP contribution in [0, 0.1) is 5.92 Å². The number of nitrogens with zero attached hydrogens (tertiary/aromatic N) is 2. The highest BCUT2D eigenvalue weighted by Gasteiger charge is 2.21. The lowest BCUT2D eigenvalue weighted by atomic mass is 9.98. The summed E-state index contributed by atoms with van der Waals surface area (Å²) in [7, 11) is 1.61. The fraction of sp³-hybridized carbons (Fsp3) is 0.571. The van der Waals surface area contributed by atoms with Crippen LogP contribution in [0.4, 0.5) is 5.82 Å². The predicted octanol–water partition coefficient (Wildman–Crippen LogP) is 0.981. The molecule has 0 saturated carbocycles. The highest BCUT2D eigenvalue weighted by molar-refractivity contribution is 5.68. The molecule has 1 fully saturated rings. The van der Waals surface area contributed by atoms with Gasteiger partial charge in [0.05, 0.1) is 13.7 Å². The molecule has 2 heterocycles. The standard InChI is InChI=1S/C14H21N3O3/c1-20-13-6-2-5-12(16-13)17-7-3-4-11(10-17)8-15-9-14(18)19/h2,5-6,11,15H,3-4,7-10H2,1H3,(H,18,19). The summed E-state index contributed by atoms with van der Waals surface area (Å²) < 4.78 is 5.15. The monoisotopic (exact) mass is 279 g/mol. The van der Waals surface area contributed by atoms with Crippen molar-refractivity contribution in [2.75, 3.05) is 38.2 Å². The number of carboxylic acid groups (broad SMARTS) is 1. The smallest absolute Gasteiger partial charge is 0.317 e. The van der Waals surface area contributed by atoms with Gasteiger partial charge < -0.3 is 20.1 Å². The molecule has 110 valence electrons. The summed E-state index contributed by atoms with van der Waals surface area (Å²) >= 11 is 0. The fourth-order valence-electron chi connectivity index (χ4n) is 2.52. The first-order chi connectivity index (χ1) is 9.69. The molecular weight excluding hydrogens is 258 g/mol. The number of carbonyl (C=O) groups is 1. The molecule has 1 aromatic heterocycles. The van der Waals surface area contributed by atoms with Crippen molar-refractivity contribution in [1.82, 2.24) is 10.3 Å². The number of carboxylic acids is 1.